The maximum Gasteiger partial charge on any atom is 0.326 e. The van der Waals surface area contributed by atoms with Crippen molar-refractivity contribution in [1.82, 2.24) is 67.9 Å². The van der Waals surface area contributed by atoms with E-state index in [1.54, 1.807) is 27.7 Å². The van der Waals surface area contributed by atoms with E-state index < -0.39 is 235 Å². The molecule has 0 unspecified atom stereocenters. The Kier molecular flexibility index (Phi) is 34.1. The molecule has 15 amide bonds. The number of aliphatic hydroxyl groups excluding tert-OH is 3. The second-order valence-electron chi connectivity index (χ2n) is 25.5. The third kappa shape index (κ3) is 24.1. The number of thiol groups is 2. The van der Waals surface area contributed by atoms with Crippen LogP contribution in [-0.4, -0.2) is 270 Å². The third-order valence-electron chi connectivity index (χ3n) is 17.9. The quantitative estimate of drug-likeness (QED) is 0.0272. The Balaban J connectivity index is 1.50. The molecule has 0 spiro atoms. The highest BCUT2D eigenvalue weighted by Gasteiger charge is 2.47. The second kappa shape index (κ2) is 40.7. The van der Waals surface area contributed by atoms with Crippen LogP contribution in [0.1, 0.15) is 111 Å². The Labute approximate surface area is 599 Å². The van der Waals surface area contributed by atoms with Crippen LogP contribution in [0.3, 0.4) is 0 Å². The number of phenolic OH excluding ortho intramolecular Hbond substituents is 1. The minimum absolute atomic E-state index is 0.0237. The molecule has 0 radical (unpaired) electrons. The highest BCUT2D eigenvalue weighted by molar-refractivity contribution is 7.80. The van der Waals surface area contributed by atoms with Crippen LogP contribution in [0.5, 0.6) is 5.75 Å². The topological polar surface area (TPSA) is 582 Å². The average Bonchev–Trinajstić information content (AvgIpc) is 1.62. The monoisotopic (exact) mass is 1480 g/mol. The van der Waals surface area contributed by atoms with Gasteiger partial charge >= 0.3 is 5.97 Å². The number of aliphatic carboxylic acids is 1. The summed E-state index contributed by atoms with van der Waals surface area (Å²) in [6.07, 6.45) is -3.31. The van der Waals surface area contributed by atoms with Crippen LogP contribution in [-0.2, 0) is 83.1 Å². The van der Waals surface area contributed by atoms with Gasteiger partial charge in [-0.05, 0) is 81.9 Å². The molecular weight excluding hydrogens is 1380 g/mol. The molecule has 17 atom stereocenters. The lowest BCUT2D eigenvalue weighted by atomic mass is 9.96. The number of carbonyl (C=O) groups excluding carboxylic acids is 15. The predicted octanol–water partition coefficient (Wildman–Crippen LogP) is -7.74. The number of amides is 15. The van der Waals surface area contributed by atoms with Gasteiger partial charge in [0.1, 0.15) is 84.3 Å². The van der Waals surface area contributed by atoms with Gasteiger partial charge in [-0.2, -0.15) is 25.3 Å². The number of nitrogens with two attached hydrogens (primary N) is 3. The largest absolute Gasteiger partial charge is 0.508 e. The van der Waals surface area contributed by atoms with E-state index in [9.17, 15) is 102 Å². The molecule has 3 aliphatic rings. The molecular formula is C63H98N16O21S2. The molecule has 0 aromatic heterocycles. The highest BCUT2D eigenvalue weighted by atomic mass is 32.1. The van der Waals surface area contributed by atoms with E-state index in [2.05, 4.69) is 78.4 Å². The lowest BCUT2D eigenvalue weighted by molar-refractivity contribution is -0.149. The number of primary amides is 2. The standard InChI is InChI=1S/C63H98N16O21S2/c1-7-29(3)47(57(93)71-39(27-101)53(89)68-36(23-44(65)84)60(96)77-19-9-12-41(77)55(91)69-37(63(99)100)24-45(66)85)74-56(92)42-13-10-20-78(42)61(97)43-14-11-21-79(43)62(98)48(30(4)8-2)75-52(88)38(26-80)70-51(87)35(22-33-15-17-34(83)18-16-33)67-59(95)50(32(6)82)76-54(90)40(28-102)72-58(94)49(31(5)81)73-46(86)25-64/h15-18,29-32,35-43,47-50,80-83,101-102H,7-14,19-28,64H2,1-6H3,(H2,65,84)(H2,66,85)(H,67,95)(H,68,89)(H,69,91)(H,70,87)(H,71,93)(H,72,94)(H,73,86)(H,74,92)(H,75,88)(H,76,90)(H,99,100)/t29-,30-,31+,32+,35-,36-,37-,38-,39-,40-,41-,42-,43-,47-,48-,49-,50-/m0/s1. The van der Waals surface area contributed by atoms with E-state index in [1.807, 2.05) is 0 Å². The number of carboxylic acids is 1. The van der Waals surface area contributed by atoms with Crippen LogP contribution < -0.4 is 70.4 Å². The third-order valence-corrected chi connectivity index (χ3v) is 18.6. The Morgan fingerprint density at radius 2 is 0.892 bits per heavy atom. The number of aliphatic hydroxyl groups is 3. The van der Waals surface area contributed by atoms with Crippen LogP contribution in [0.15, 0.2) is 24.3 Å². The van der Waals surface area contributed by atoms with Gasteiger partial charge in [0.25, 0.3) is 0 Å². The smallest absolute Gasteiger partial charge is 0.326 e. The number of carboxylic acid groups (broad SMARTS) is 1. The van der Waals surface area contributed by atoms with Gasteiger partial charge in [-0.3, -0.25) is 71.9 Å². The van der Waals surface area contributed by atoms with E-state index in [0.717, 1.165) is 11.8 Å². The number of rotatable bonds is 39. The van der Waals surface area contributed by atoms with Crippen LogP contribution in [0.25, 0.3) is 0 Å². The van der Waals surface area contributed by atoms with Gasteiger partial charge in [0.2, 0.25) is 88.6 Å². The second-order valence-corrected chi connectivity index (χ2v) is 26.2. The molecule has 102 heavy (non-hydrogen) atoms. The van der Waals surface area contributed by atoms with Crippen molar-refractivity contribution in [2.45, 2.75) is 203 Å². The van der Waals surface area contributed by atoms with E-state index in [1.165, 1.54) is 41.0 Å². The molecule has 3 aliphatic heterocycles. The first-order valence-electron chi connectivity index (χ1n) is 33.5. The molecule has 0 saturated carbocycles. The first-order chi connectivity index (χ1) is 48.1. The molecule has 21 N–H and O–H groups in total. The van der Waals surface area contributed by atoms with Gasteiger partial charge in [0.05, 0.1) is 38.2 Å². The van der Waals surface area contributed by atoms with E-state index >= 15 is 0 Å². The minimum Gasteiger partial charge on any atom is -0.508 e. The first-order valence-corrected chi connectivity index (χ1v) is 34.7. The Morgan fingerprint density at radius 1 is 0.490 bits per heavy atom. The highest BCUT2D eigenvalue weighted by Crippen LogP contribution is 2.28. The summed E-state index contributed by atoms with van der Waals surface area (Å²) in [6.45, 7) is 7.43. The van der Waals surface area contributed by atoms with Crippen molar-refractivity contribution in [2.75, 3.05) is 44.3 Å². The summed E-state index contributed by atoms with van der Waals surface area (Å²) in [6, 6.07) is -14.4. The van der Waals surface area contributed by atoms with Crippen molar-refractivity contribution < 1.29 is 102 Å². The van der Waals surface area contributed by atoms with Crippen LogP contribution in [0.4, 0.5) is 0 Å². The molecule has 1 aromatic rings. The number of benzene rings is 1. The Bertz CT molecular complexity index is 3210. The lowest BCUT2D eigenvalue weighted by Gasteiger charge is -2.35. The summed E-state index contributed by atoms with van der Waals surface area (Å²) in [5.41, 5.74) is 16.3. The zero-order valence-electron chi connectivity index (χ0n) is 57.6. The zero-order chi connectivity index (χ0) is 76.6. The summed E-state index contributed by atoms with van der Waals surface area (Å²) in [7, 11) is 0. The number of phenols is 1. The fraction of sp³-hybridized carbons (Fsp3) is 0.651. The molecule has 3 saturated heterocycles. The van der Waals surface area contributed by atoms with Crippen molar-refractivity contribution in [2.24, 2.45) is 29.0 Å². The van der Waals surface area contributed by atoms with Gasteiger partial charge in [0, 0.05) is 37.6 Å². The van der Waals surface area contributed by atoms with Crippen molar-refractivity contribution in [3.05, 3.63) is 29.8 Å². The summed E-state index contributed by atoms with van der Waals surface area (Å²) in [5, 5.41) is 75.2. The molecule has 0 bridgehead atoms. The van der Waals surface area contributed by atoms with Crippen molar-refractivity contribution in [3.63, 3.8) is 0 Å². The molecule has 1 aromatic carbocycles. The predicted molar refractivity (Wildman–Crippen MR) is 367 cm³/mol. The number of nitrogens with one attached hydrogen (secondary N) is 10. The number of nitrogens with zero attached hydrogens (tertiary/aromatic N) is 3. The Morgan fingerprint density at radius 3 is 1.38 bits per heavy atom. The van der Waals surface area contributed by atoms with Crippen molar-refractivity contribution in [1.29, 1.82) is 0 Å². The van der Waals surface area contributed by atoms with Crippen LogP contribution in [0, 0.1) is 11.8 Å². The van der Waals surface area contributed by atoms with E-state index in [0.29, 0.717) is 24.8 Å². The van der Waals surface area contributed by atoms with E-state index in [-0.39, 0.29) is 63.9 Å². The van der Waals surface area contributed by atoms with Crippen molar-refractivity contribution in [3.8, 4) is 5.75 Å². The molecule has 4 rings (SSSR count). The normalized spacial score (nSPS) is 19.8. The van der Waals surface area contributed by atoms with Gasteiger partial charge in [0.15, 0.2) is 0 Å². The molecule has 568 valence electrons. The summed E-state index contributed by atoms with van der Waals surface area (Å²) in [4.78, 5) is 220. The molecule has 0 aliphatic carbocycles. The SMILES string of the molecule is CC[C@H](C)[C@H](NC(=O)[C@@H]1CCCN1C(=O)[C@@H]1CCCN1C(=O)[C@@H](NC(=O)[C@H](CO)NC(=O)[C@H](Cc1ccc(O)cc1)NC(=O)[C@@H](NC(=O)[C@H](CS)NC(=O)[C@@H](NC(=O)CN)[C@@H](C)O)[C@@H](C)O)[C@@H](C)CC)C(=O)N[C@@H](CS)C(=O)N[C@@H](CC(N)=O)C(=O)N1CCC[C@H]1C(=O)N[C@@H](CC(N)=O)C(=O)O. The first kappa shape index (κ1) is 85.5. The minimum atomic E-state index is -1.85. The van der Waals surface area contributed by atoms with E-state index in [4.69, 9.17) is 17.2 Å². The van der Waals surface area contributed by atoms with Gasteiger partial charge in [-0.25, -0.2) is 4.79 Å². The number of hydrogen-bond donors (Lipinski definition) is 20. The van der Waals surface area contributed by atoms with Crippen LogP contribution in [0.2, 0.25) is 0 Å². The summed E-state index contributed by atoms with van der Waals surface area (Å²) in [5.74, 6) is -18.1. The van der Waals surface area contributed by atoms with Gasteiger partial charge in [-0.15, -0.1) is 0 Å². The number of hydrogen-bond acceptors (Lipinski definition) is 23. The van der Waals surface area contributed by atoms with Crippen LogP contribution >= 0.6 is 25.3 Å². The summed E-state index contributed by atoms with van der Waals surface area (Å²) >= 11 is 8.36. The average molecular weight is 1480 g/mol. The number of likely N-dealkylation sites (tertiary alicyclic amines) is 3. The summed E-state index contributed by atoms with van der Waals surface area (Å²) < 4.78 is 0. The molecule has 3 heterocycles. The maximum atomic E-state index is 14.8. The fourth-order valence-corrected chi connectivity index (χ4v) is 12.2. The number of carbonyl (C=O) groups is 16. The van der Waals surface area contributed by atoms with Crippen molar-refractivity contribution >= 4 is 120 Å². The van der Waals surface area contributed by atoms with Gasteiger partial charge in [-0.1, -0.05) is 52.7 Å². The Hall–Kier alpha value is -8.92. The molecule has 39 heteroatoms. The molecule has 37 nitrogen and oxygen atoms in total. The fourth-order valence-electron chi connectivity index (χ4n) is 11.7. The lowest BCUT2D eigenvalue weighted by Crippen LogP contribution is -2.63. The number of aromatic hydroxyl groups is 1. The maximum absolute atomic E-state index is 14.8. The van der Waals surface area contributed by atoms with Gasteiger partial charge < -0.3 is 111 Å². The molecule has 3 fully saturated rings. The zero-order valence-corrected chi connectivity index (χ0v) is 59.4.